The molecule has 3 rings (SSSR count). The molecule has 126 valence electrons. The molecule has 0 unspecified atom stereocenters. The zero-order valence-corrected chi connectivity index (χ0v) is 13.1. The fraction of sp³-hybridized carbons (Fsp3) is 0.688. The van der Waals surface area contributed by atoms with Gasteiger partial charge in [0.25, 0.3) is 5.56 Å². The highest BCUT2D eigenvalue weighted by Gasteiger charge is 2.40. The lowest BCUT2D eigenvalue weighted by molar-refractivity contribution is -0.135. The van der Waals surface area contributed by atoms with Gasteiger partial charge in [-0.1, -0.05) is 12.8 Å². The molecule has 1 aromatic rings. The molecule has 7 nitrogen and oxygen atoms in total. The quantitative estimate of drug-likeness (QED) is 0.710. The Morgan fingerprint density at radius 1 is 1.39 bits per heavy atom. The zero-order valence-electron chi connectivity index (χ0n) is 13.1. The standard InChI is InChI=1S/C16H23N3O4/c20-10-16(7-11-2-3-11)4-1-5-19(9-16)13(21)6-12-8-17-15(23)18-14(12)22/h8,11,20H,1-7,9-10H2,(H2,17,18,22,23)/t16-/m1/s1. The van der Waals surface area contributed by atoms with Gasteiger partial charge in [-0.25, -0.2) is 4.79 Å². The van der Waals surface area contributed by atoms with Gasteiger partial charge in [0.1, 0.15) is 0 Å². The summed E-state index contributed by atoms with van der Waals surface area (Å²) in [5.41, 5.74) is -1.03. The van der Waals surface area contributed by atoms with Crippen LogP contribution in [0.5, 0.6) is 0 Å². The van der Waals surface area contributed by atoms with Gasteiger partial charge >= 0.3 is 5.69 Å². The van der Waals surface area contributed by atoms with E-state index in [0.29, 0.717) is 19.0 Å². The Kier molecular flexibility index (Phi) is 4.39. The smallest absolute Gasteiger partial charge is 0.325 e. The van der Waals surface area contributed by atoms with E-state index < -0.39 is 11.2 Å². The molecule has 0 aromatic carbocycles. The third-order valence-electron chi connectivity index (χ3n) is 5.01. The Hall–Kier alpha value is -1.89. The van der Waals surface area contributed by atoms with Crippen LogP contribution < -0.4 is 11.2 Å². The van der Waals surface area contributed by atoms with Crippen LogP contribution in [0.15, 0.2) is 15.8 Å². The Bertz CT molecular complexity index is 691. The number of hydrogen-bond acceptors (Lipinski definition) is 4. The number of hydrogen-bond donors (Lipinski definition) is 3. The van der Waals surface area contributed by atoms with Gasteiger partial charge in [-0.05, 0) is 25.2 Å². The van der Waals surface area contributed by atoms with Gasteiger partial charge in [-0.2, -0.15) is 0 Å². The lowest BCUT2D eigenvalue weighted by Crippen LogP contribution is -2.49. The van der Waals surface area contributed by atoms with Crippen molar-refractivity contribution < 1.29 is 9.90 Å². The molecule has 1 aliphatic heterocycles. The number of rotatable bonds is 5. The summed E-state index contributed by atoms with van der Waals surface area (Å²) in [6.45, 7) is 1.32. The van der Waals surface area contributed by atoms with Gasteiger partial charge in [-0.15, -0.1) is 0 Å². The molecule has 1 aromatic heterocycles. The predicted octanol–water partition coefficient (Wildman–Crippen LogP) is 0.00690. The molecule has 2 aliphatic rings. The molecule has 7 heteroatoms. The Balaban J connectivity index is 1.68. The zero-order chi connectivity index (χ0) is 16.4. The van der Waals surface area contributed by atoms with Crippen LogP contribution in [-0.2, 0) is 11.2 Å². The summed E-state index contributed by atoms with van der Waals surface area (Å²) in [5.74, 6) is 0.565. The number of aromatic amines is 2. The molecule has 23 heavy (non-hydrogen) atoms. The van der Waals surface area contributed by atoms with Crippen LogP contribution in [0, 0.1) is 11.3 Å². The summed E-state index contributed by atoms with van der Waals surface area (Å²) in [4.78, 5) is 41.5. The third kappa shape index (κ3) is 3.72. The SMILES string of the molecule is O=C(Cc1c[nH]c(=O)[nH]c1=O)N1CCC[C@@](CO)(CC2CC2)C1. The Morgan fingerprint density at radius 2 is 2.17 bits per heavy atom. The molecule has 0 spiro atoms. The van der Waals surface area contributed by atoms with E-state index in [1.54, 1.807) is 4.90 Å². The van der Waals surface area contributed by atoms with E-state index in [9.17, 15) is 19.5 Å². The molecule has 0 radical (unpaired) electrons. The van der Waals surface area contributed by atoms with Crippen molar-refractivity contribution in [2.24, 2.45) is 11.3 Å². The van der Waals surface area contributed by atoms with Gasteiger partial charge in [0.15, 0.2) is 0 Å². The highest BCUT2D eigenvalue weighted by molar-refractivity contribution is 5.78. The van der Waals surface area contributed by atoms with Gasteiger partial charge in [0.05, 0.1) is 13.0 Å². The van der Waals surface area contributed by atoms with Crippen LogP contribution in [0.25, 0.3) is 0 Å². The molecule has 1 saturated heterocycles. The number of aromatic nitrogens is 2. The fourth-order valence-electron chi connectivity index (χ4n) is 3.56. The number of H-pyrrole nitrogens is 2. The number of nitrogens with one attached hydrogen (secondary N) is 2. The predicted molar refractivity (Wildman–Crippen MR) is 84.1 cm³/mol. The van der Waals surface area contributed by atoms with Crippen LogP contribution in [0.1, 0.15) is 37.7 Å². The Morgan fingerprint density at radius 3 is 2.83 bits per heavy atom. The van der Waals surface area contributed by atoms with E-state index in [-0.39, 0.29) is 29.9 Å². The molecule has 1 aliphatic carbocycles. The summed E-state index contributed by atoms with van der Waals surface area (Å²) in [7, 11) is 0. The third-order valence-corrected chi connectivity index (χ3v) is 5.01. The monoisotopic (exact) mass is 321 g/mol. The average Bonchev–Trinajstić information content (AvgIpc) is 3.34. The van der Waals surface area contributed by atoms with Crippen LogP contribution >= 0.6 is 0 Å². The van der Waals surface area contributed by atoms with Crippen molar-refractivity contribution in [3.63, 3.8) is 0 Å². The lowest BCUT2D eigenvalue weighted by atomic mass is 9.76. The maximum Gasteiger partial charge on any atom is 0.325 e. The number of nitrogens with zero attached hydrogens (tertiary/aromatic N) is 1. The minimum absolute atomic E-state index is 0.0307. The first-order valence-electron chi connectivity index (χ1n) is 8.21. The minimum Gasteiger partial charge on any atom is -0.396 e. The van der Waals surface area contributed by atoms with E-state index in [1.165, 1.54) is 19.0 Å². The maximum atomic E-state index is 12.5. The summed E-state index contributed by atoms with van der Waals surface area (Å²) in [5, 5.41) is 9.85. The van der Waals surface area contributed by atoms with Crippen LogP contribution in [-0.4, -0.2) is 45.6 Å². The van der Waals surface area contributed by atoms with Crippen molar-refractivity contribution >= 4 is 5.91 Å². The van der Waals surface area contributed by atoms with Crippen molar-refractivity contribution in [3.8, 4) is 0 Å². The van der Waals surface area contributed by atoms with Crippen LogP contribution in [0.3, 0.4) is 0 Å². The van der Waals surface area contributed by atoms with E-state index in [0.717, 1.165) is 19.3 Å². The lowest BCUT2D eigenvalue weighted by Gasteiger charge is -2.42. The second-order valence-electron chi connectivity index (χ2n) is 7.00. The first-order chi connectivity index (χ1) is 11.0. The van der Waals surface area contributed by atoms with E-state index in [4.69, 9.17) is 0 Å². The van der Waals surface area contributed by atoms with Gasteiger partial charge in [0.2, 0.25) is 5.91 Å². The van der Waals surface area contributed by atoms with Crippen molar-refractivity contribution in [3.05, 3.63) is 32.6 Å². The van der Waals surface area contributed by atoms with Crippen molar-refractivity contribution in [2.45, 2.75) is 38.5 Å². The van der Waals surface area contributed by atoms with E-state index >= 15 is 0 Å². The number of amides is 1. The molecule has 2 heterocycles. The van der Waals surface area contributed by atoms with Crippen molar-refractivity contribution in [1.29, 1.82) is 0 Å². The molecule has 2 fully saturated rings. The van der Waals surface area contributed by atoms with Crippen LogP contribution in [0.4, 0.5) is 0 Å². The number of aliphatic hydroxyl groups excluding tert-OH is 1. The topological polar surface area (TPSA) is 106 Å². The van der Waals surface area contributed by atoms with Crippen molar-refractivity contribution in [1.82, 2.24) is 14.9 Å². The maximum absolute atomic E-state index is 12.5. The molecule has 1 saturated carbocycles. The number of likely N-dealkylation sites (tertiary alicyclic amines) is 1. The molecule has 1 atom stereocenters. The summed E-state index contributed by atoms with van der Waals surface area (Å²) < 4.78 is 0. The minimum atomic E-state index is -0.576. The molecule has 1 amide bonds. The number of carbonyl (C=O) groups is 1. The highest BCUT2D eigenvalue weighted by atomic mass is 16.3. The summed E-state index contributed by atoms with van der Waals surface area (Å²) in [6.07, 6.45) is 6.52. The van der Waals surface area contributed by atoms with Crippen LogP contribution in [0.2, 0.25) is 0 Å². The first-order valence-corrected chi connectivity index (χ1v) is 8.21. The molecule has 3 N–H and O–H groups in total. The second-order valence-corrected chi connectivity index (χ2v) is 7.00. The van der Waals surface area contributed by atoms with Gasteiger partial charge in [-0.3, -0.25) is 14.6 Å². The normalized spacial score (nSPS) is 24.7. The molecular weight excluding hydrogens is 298 g/mol. The second kappa shape index (κ2) is 6.31. The molecular formula is C16H23N3O4. The summed E-state index contributed by atoms with van der Waals surface area (Å²) in [6, 6.07) is 0. The Labute approximate surface area is 133 Å². The number of piperidine rings is 1. The van der Waals surface area contributed by atoms with E-state index in [1.807, 2.05) is 0 Å². The largest absolute Gasteiger partial charge is 0.396 e. The first kappa shape index (κ1) is 16.0. The molecule has 0 bridgehead atoms. The van der Waals surface area contributed by atoms with Gasteiger partial charge < -0.3 is 15.0 Å². The average molecular weight is 321 g/mol. The summed E-state index contributed by atoms with van der Waals surface area (Å²) >= 11 is 0. The fourth-order valence-corrected chi connectivity index (χ4v) is 3.56. The number of carbonyl (C=O) groups excluding carboxylic acids is 1. The van der Waals surface area contributed by atoms with E-state index in [2.05, 4.69) is 9.97 Å². The highest BCUT2D eigenvalue weighted by Crippen LogP contribution is 2.44. The van der Waals surface area contributed by atoms with Gasteiger partial charge in [0, 0.05) is 30.3 Å². The number of aliphatic hydroxyl groups is 1. The van der Waals surface area contributed by atoms with Crippen molar-refractivity contribution in [2.75, 3.05) is 19.7 Å².